The zero-order valence-corrected chi connectivity index (χ0v) is 21.3. The summed E-state index contributed by atoms with van der Waals surface area (Å²) in [5.41, 5.74) is 5.22. The summed E-state index contributed by atoms with van der Waals surface area (Å²) in [7, 11) is 0. The molecule has 4 heteroatoms. The van der Waals surface area contributed by atoms with Gasteiger partial charge in [0, 0.05) is 6.42 Å². The van der Waals surface area contributed by atoms with Gasteiger partial charge in [-0.05, 0) is 69.9 Å². The van der Waals surface area contributed by atoms with Gasteiger partial charge in [-0.1, -0.05) is 74.3 Å². The number of epoxide rings is 1. The fourth-order valence-corrected chi connectivity index (χ4v) is 4.46. The monoisotopic (exact) mass is 451 g/mol. The minimum Gasteiger partial charge on any atom is -0.443 e. The molecule has 1 aliphatic carbocycles. The van der Waals surface area contributed by atoms with Gasteiger partial charge in [0.15, 0.2) is 0 Å². The van der Waals surface area contributed by atoms with Gasteiger partial charge in [-0.3, -0.25) is 4.79 Å². The lowest BCUT2D eigenvalue weighted by atomic mass is 9.72. The molecule has 1 saturated heterocycles. The fraction of sp³-hybridized carbons (Fsp3) is 0.586. The predicted molar refractivity (Wildman–Crippen MR) is 134 cm³/mol. The summed E-state index contributed by atoms with van der Waals surface area (Å²) >= 11 is 0. The van der Waals surface area contributed by atoms with E-state index in [-0.39, 0.29) is 23.9 Å². The molecule has 180 valence electrons. The van der Waals surface area contributed by atoms with Crippen LogP contribution in [0.15, 0.2) is 58.7 Å². The van der Waals surface area contributed by atoms with E-state index in [1.807, 2.05) is 25.1 Å². The molecular weight excluding hydrogens is 410 g/mol. The van der Waals surface area contributed by atoms with Crippen molar-refractivity contribution in [2.45, 2.75) is 105 Å². The average Bonchev–Trinajstić information content (AvgIpc) is 3.49. The van der Waals surface area contributed by atoms with Gasteiger partial charge < -0.3 is 9.47 Å². The summed E-state index contributed by atoms with van der Waals surface area (Å²) in [4.78, 5) is 12.1. The van der Waals surface area contributed by atoms with Crippen molar-refractivity contribution in [1.29, 1.82) is 5.26 Å². The van der Waals surface area contributed by atoms with Crippen molar-refractivity contribution in [2.24, 2.45) is 5.41 Å². The van der Waals surface area contributed by atoms with E-state index in [0.29, 0.717) is 12.5 Å². The Hall–Kier alpha value is -2.38. The fourth-order valence-electron chi connectivity index (χ4n) is 4.46. The zero-order chi connectivity index (χ0) is 24.4. The summed E-state index contributed by atoms with van der Waals surface area (Å²) < 4.78 is 10.8. The summed E-state index contributed by atoms with van der Waals surface area (Å²) in [6.07, 6.45) is 18.4. The summed E-state index contributed by atoms with van der Waals surface area (Å²) in [6.45, 7) is 13.0. The van der Waals surface area contributed by atoms with Crippen LogP contribution in [-0.2, 0) is 14.3 Å². The van der Waals surface area contributed by atoms with Crippen molar-refractivity contribution in [3.05, 3.63) is 58.7 Å². The maximum absolute atomic E-state index is 12.1. The number of hydrogen-bond acceptors (Lipinski definition) is 4. The molecule has 0 amide bonds. The second-order valence-electron chi connectivity index (χ2n) is 10.0. The smallest absolute Gasteiger partial charge is 0.307 e. The molecule has 33 heavy (non-hydrogen) atoms. The number of rotatable bonds is 11. The third-order valence-electron chi connectivity index (χ3n) is 6.47. The molecule has 0 aromatic carbocycles. The van der Waals surface area contributed by atoms with E-state index >= 15 is 0 Å². The second kappa shape index (κ2) is 12.8. The highest BCUT2D eigenvalue weighted by Gasteiger charge is 2.37. The van der Waals surface area contributed by atoms with Crippen LogP contribution < -0.4 is 0 Å². The Labute approximate surface area is 200 Å². The molecule has 0 saturated carbocycles. The lowest BCUT2D eigenvalue weighted by Gasteiger charge is -2.32. The number of allylic oxidation sites excluding steroid dienone is 9. The van der Waals surface area contributed by atoms with Crippen molar-refractivity contribution >= 4 is 5.97 Å². The van der Waals surface area contributed by atoms with Crippen LogP contribution in [0, 0.1) is 16.7 Å². The van der Waals surface area contributed by atoms with Gasteiger partial charge in [-0.15, -0.1) is 0 Å². The van der Waals surface area contributed by atoms with Crippen LogP contribution >= 0.6 is 0 Å². The molecule has 0 N–H and O–H groups in total. The van der Waals surface area contributed by atoms with Crippen molar-refractivity contribution in [1.82, 2.24) is 0 Å². The van der Waals surface area contributed by atoms with Crippen molar-refractivity contribution in [3.63, 3.8) is 0 Å². The van der Waals surface area contributed by atoms with E-state index in [9.17, 15) is 10.1 Å². The van der Waals surface area contributed by atoms with Crippen LogP contribution in [0.4, 0.5) is 0 Å². The molecule has 3 unspecified atom stereocenters. The highest BCUT2D eigenvalue weighted by atomic mass is 16.6. The van der Waals surface area contributed by atoms with Gasteiger partial charge in [0.1, 0.15) is 6.07 Å². The number of nitriles is 1. The molecule has 1 heterocycles. The molecule has 2 rings (SSSR count). The Bertz CT molecular complexity index is 879. The molecule has 1 aliphatic heterocycles. The SMILES string of the molecule is CCCC1OC1CCC(=O)OC(C#N)C=C(C)C=CC=C(C)C=CC1=C(C)CCCC1(C)C. The van der Waals surface area contributed by atoms with Crippen LogP contribution in [0.3, 0.4) is 0 Å². The number of hydrogen-bond donors (Lipinski definition) is 0. The number of ether oxygens (including phenoxy) is 2. The molecule has 3 atom stereocenters. The van der Waals surface area contributed by atoms with Gasteiger partial charge >= 0.3 is 5.97 Å². The molecule has 1 fully saturated rings. The molecule has 0 bridgehead atoms. The van der Waals surface area contributed by atoms with Gasteiger partial charge in [0.05, 0.1) is 12.2 Å². The summed E-state index contributed by atoms with van der Waals surface area (Å²) in [5, 5.41) is 9.35. The molecular formula is C29H41NO3. The summed E-state index contributed by atoms with van der Waals surface area (Å²) in [6, 6.07) is 2.05. The van der Waals surface area contributed by atoms with Crippen LogP contribution in [0.5, 0.6) is 0 Å². The molecule has 0 aromatic rings. The lowest BCUT2D eigenvalue weighted by Crippen LogP contribution is -2.19. The zero-order valence-electron chi connectivity index (χ0n) is 21.3. The van der Waals surface area contributed by atoms with Crippen LogP contribution in [-0.4, -0.2) is 24.3 Å². The maximum Gasteiger partial charge on any atom is 0.307 e. The Morgan fingerprint density at radius 3 is 2.64 bits per heavy atom. The Kier molecular flexibility index (Phi) is 10.4. The molecule has 2 aliphatic rings. The molecule has 0 aromatic heterocycles. The first-order valence-corrected chi connectivity index (χ1v) is 12.3. The third-order valence-corrected chi connectivity index (χ3v) is 6.47. The van der Waals surface area contributed by atoms with E-state index < -0.39 is 6.10 Å². The highest BCUT2D eigenvalue weighted by molar-refractivity contribution is 5.70. The standard InChI is InChI=1S/C29H41NO3/c1-7-10-26-27(33-26)16-17-28(31)32-24(20-30)19-22(3)12-8-11-21(2)14-15-25-23(4)13-9-18-29(25,5)6/h8,11-12,14-15,19,24,26-27H,7,9-10,13,16-18H2,1-6H3. The number of carbonyl (C=O) groups is 1. The van der Waals surface area contributed by atoms with Crippen LogP contribution in [0.1, 0.15) is 86.5 Å². The van der Waals surface area contributed by atoms with Crippen LogP contribution in [0.2, 0.25) is 0 Å². The molecule has 4 nitrogen and oxygen atoms in total. The number of carbonyl (C=O) groups excluding carboxylic acids is 1. The largest absolute Gasteiger partial charge is 0.443 e. The lowest BCUT2D eigenvalue weighted by molar-refractivity contribution is -0.145. The predicted octanol–water partition coefficient (Wildman–Crippen LogP) is 7.30. The normalized spacial score (nSPS) is 24.3. The Morgan fingerprint density at radius 2 is 1.97 bits per heavy atom. The van der Waals surface area contributed by atoms with E-state index in [4.69, 9.17) is 9.47 Å². The van der Waals surface area contributed by atoms with E-state index in [0.717, 1.165) is 24.0 Å². The van der Waals surface area contributed by atoms with E-state index in [1.165, 1.54) is 30.4 Å². The van der Waals surface area contributed by atoms with E-state index in [2.05, 4.69) is 52.8 Å². The first-order valence-electron chi connectivity index (χ1n) is 12.3. The highest BCUT2D eigenvalue weighted by Crippen LogP contribution is 2.40. The second-order valence-corrected chi connectivity index (χ2v) is 10.0. The number of esters is 1. The Morgan fingerprint density at radius 1 is 1.24 bits per heavy atom. The average molecular weight is 452 g/mol. The van der Waals surface area contributed by atoms with Gasteiger partial charge in [0.2, 0.25) is 6.10 Å². The Balaban J connectivity index is 1.85. The summed E-state index contributed by atoms with van der Waals surface area (Å²) in [5.74, 6) is -0.351. The quantitative estimate of drug-likeness (QED) is 0.188. The first kappa shape index (κ1) is 26.9. The minimum atomic E-state index is -0.873. The van der Waals surface area contributed by atoms with Crippen molar-refractivity contribution in [3.8, 4) is 6.07 Å². The molecule has 0 radical (unpaired) electrons. The van der Waals surface area contributed by atoms with Crippen molar-refractivity contribution in [2.75, 3.05) is 0 Å². The maximum atomic E-state index is 12.1. The van der Waals surface area contributed by atoms with Gasteiger partial charge in [-0.2, -0.15) is 5.26 Å². The first-order chi connectivity index (χ1) is 15.7. The number of nitrogens with zero attached hydrogens (tertiary/aromatic N) is 1. The van der Waals surface area contributed by atoms with Crippen molar-refractivity contribution < 1.29 is 14.3 Å². The van der Waals surface area contributed by atoms with Gasteiger partial charge in [0.25, 0.3) is 0 Å². The van der Waals surface area contributed by atoms with E-state index in [1.54, 1.807) is 6.08 Å². The topological polar surface area (TPSA) is 62.6 Å². The van der Waals surface area contributed by atoms with Gasteiger partial charge in [-0.25, -0.2) is 0 Å². The minimum absolute atomic E-state index is 0.173. The van der Waals surface area contributed by atoms with Crippen LogP contribution in [0.25, 0.3) is 0 Å². The third kappa shape index (κ3) is 9.18. The molecule has 0 spiro atoms.